The van der Waals surface area contributed by atoms with E-state index in [4.69, 9.17) is 18.6 Å². The van der Waals surface area contributed by atoms with E-state index in [0.29, 0.717) is 0 Å². The first-order chi connectivity index (χ1) is 17.3. The number of rotatable bonds is 3. The highest BCUT2D eigenvalue weighted by Crippen LogP contribution is 2.40. The number of hydrogen-bond acceptors (Lipinski definition) is 4. The minimum atomic E-state index is -0.540. The molecule has 0 amide bonds. The van der Waals surface area contributed by atoms with Gasteiger partial charge in [0.25, 0.3) is 0 Å². The predicted octanol–water partition coefficient (Wildman–Crippen LogP) is 5.38. The van der Waals surface area contributed by atoms with Gasteiger partial charge in [-0.2, -0.15) is 0 Å². The molecular formula is C30H35B2NO4. The second kappa shape index (κ2) is 7.97. The lowest BCUT2D eigenvalue weighted by Crippen LogP contribution is -2.42. The van der Waals surface area contributed by atoms with Gasteiger partial charge in [-0.05, 0) is 79.1 Å². The summed E-state index contributed by atoms with van der Waals surface area (Å²) in [6.07, 6.45) is 0. The third kappa shape index (κ3) is 3.70. The van der Waals surface area contributed by atoms with E-state index in [-0.39, 0.29) is 0 Å². The lowest BCUT2D eigenvalue weighted by molar-refractivity contribution is 0.00578. The molecule has 0 saturated carbocycles. The molecule has 7 heteroatoms. The van der Waals surface area contributed by atoms with Crippen molar-refractivity contribution in [3.8, 4) is 5.69 Å². The van der Waals surface area contributed by atoms with Gasteiger partial charge in [0.1, 0.15) is 0 Å². The van der Waals surface area contributed by atoms with Crippen molar-refractivity contribution in [1.29, 1.82) is 0 Å². The molecule has 3 aromatic carbocycles. The third-order valence-electron chi connectivity index (χ3n) is 8.87. The normalized spacial score (nSPS) is 21.8. The van der Waals surface area contributed by atoms with Crippen LogP contribution < -0.4 is 10.9 Å². The van der Waals surface area contributed by atoms with Crippen molar-refractivity contribution in [3.63, 3.8) is 0 Å². The summed E-state index contributed by atoms with van der Waals surface area (Å²) in [5, 5.41) is 2.29. The molecule has 37 heavy (non-hydrogen) atoms. The predicted molar refractivity (Wildman–Crippen MR) is 152 cm³/mol. The summed E-state index contributed by atoms with van der Waals surface area (Å²) < 4.78 is 28.6. The van der Waals surface area contributed by atoms with Crippen LogP contribution in [-0.4, -0.2) is 41.2 Å². The Balaban J connectivity index is 1.66. The van der Waals surface area contributed by atoms with Gasteiger partial charge in [0.2, 0.25) is 0 Å². The molecule has 0 radical (unpaired) electrons. The van der Waals surface area contributed by atoms with Crippen molar-refractivity contribution in [2.45, 2.75) is 77.8 Å². The molecule has 1 aromatic heterocycles. The molecule has 0 N–H and O–H groups in total. The van der Waals surface area contributed by atoms with Gasteiger partial charge in [-0.1, -0.05) is 48.5 Å². The number of para-hydroxylation sites is 2. The van der Waals surface area contributed by atoms with E-state index >= 15 is 0 Å². The molecule has 2 aliphatic heterocycles. The van der Waals surface area contributed by atoms with Gasteiger partial charge < -0.3 is 23.2 Å². The number of hydrogen-bond donors (Lipinski definition) is 0. The summed E-state index contributed by atoms with van der Waals surface area (Å²) in [5.74, 6) is 0. The average molecular weight is 495 g/mol. The summed E-state index contributed by atoms with van der Waals surface area (Å²) in [6.45, 7) is 16.7. The smallest absolute Gasteiger partial charge is 0.399 e. The third-order valence-corrected chi connectivity index (χ3v) is 8.87. The van der Waals surface area contributed by atoms with Gasteiger partial charge in [0.15, 0.2) is 0 Å². The van der Waals surface area contributed by atoms with Crippen LogP contribution in [0.25, 0.3) is 27.5 Å². The molecular weight excluding hydrogens is 460 g/mol. The quantitative estimate of drug-likeness (QED) is 0.358. The average Bonchev–Trinajstić information content (AvgIpc) is 3.36. The molecule has 3 heterocycles. The van der Waals surface area contributed by atoms with Gasteiger partial charge in [0, 0.05) is 21.9 Å². The second-order valence-electron chi connectivity index (χ2n) is 12.4. The Morgan fingerprint density at radius 1 is 0.568 bits per heavy atom. The molecule has 2 aliphatic rings. The van der Waals surface area contributed by atoms with Crippen LogP contribution in [0.4, 0.5) is 0 Å². The highest BCUT2D eigenvalue weighted by molar-refractivity contribution is 6.68. The first-order valence-corrected chi connectivity index (χ1v) is 13.2. The largest absolute Gasteiger partial charge is 0.497 e. The fourth-order valence-electron chi connectivity index (χ4n) is 5.26. The summed E-state index contributed by atoms with van der Waals surface area (Å²) in [5.41, 5.74) is 3.44. The van der Waals surface area contributed by atoms with Crippen molar-refractivity contribution < 1.29 is 18.6 Å². The summed E-state index contributed by atoms with van der Waals surface area (Å²) in [4.78, 5) is 0. The molecule has 0 unspecified atom stereocenters. The standard InChI is InChI=1S/C30H35B2NO4/c1-27(2)28(3,4)35-31(34-27)20-18-23-22-16-12-13-17-25(22)33(21-14-10-9-11-15-21)26(23)24(19-20)32-36-29(5,6)30(7,8)37-32/h9-19H,1-8H3. The zero-order valence-electron chi connectivity index (χ0n) is 23.1. The van der Waals surface area contributed by atoms with E-state index in [9.17, 15) is 0 Å². The van der Waals surface area contributed by atoms with E-state index in [1.54, 1.807) is 0 Å². The maximum Gasteiger partial charge on any atom is 0.497 e. The Bertz CT molecular complexity index is 1470. The topological polar surface area (TPSA) is 41.9 Å². The van der Waals surface area contributed by atoms with Crippen molar-refractivity contribution in [2.75, 3.05) is 0 Å². The number of nitrogens with zero attached hydrogens (tertiary/aromatic N) is 1. The molecule has 190 valence electrons. The van der Waals surface area contributed by atoms with E-state index in [2.05, 4.69) is 121 Å². The van der Waals surface area contributed by atoms with E-state index < -0.39 is 36.6 Å². The second-order valence-corrected chi connectivity index (χ2v) is 12.4. The number of benzene rings is 3. The van der Waals surface area contributed by atoms with Gasteiger partial charge in [0.05, 0.1) is 33.4 Å². The highest BCUT2D eigenvalue weighted by atomic mass is 16.7. The SMILES string of the molecule is CC1(C)OB(c2cc(B3OC(C)(C)C(C)(C)O3)c3c(c2)c2ccccc2n3-c2ccccc2)OC1(C)C. The minimum Gasteiger partial charge on any atom is -0.399 e. The maximum atomic E-state index is 6.63. The minimum absolute atomic E-state index is 0.435. The van der Waals surface area contributed by atoms with Crippen molar-refractivity contribution >= 4 is 47.0 Å². The Morgan fingerprint density at radius 3 is 1.68 bits per heavy atom. The zero-order valence-corrected chi connectivity index (χ0v) is 23.1. The fraction of sp³-hybridized carbons (Fsp3) is 0.400. The monoisotopic (exact) mass is 495 g/mol. The lowest BCUT2D eigenvalue weighted by Gasteiger charge is -2.32. The molecule has 2 fully saturated rings. The van der Waals surface area contributed by atoms with Crippen LogP contribution in [0.15, 0.2) is 66.7 Å². The fourth-order valence-corrected chi connectivity index (χ4v) is 5.26. The van der Waals surface area contributed by atoms with Crippen molar-refractivity contribution in [1.82, 2.24) is 4.57 Å². The molecule has 2 saturated heterocycles. The van der Waals surface area contributed by atoms with Crippen LogP contribution in [0.2, 0.25) is 0 Å². The molecule has 0 bridgehead atoms. The van der Waals surface area contributed by atoms with Crippen LogP contribution in [-0.2, 0) is 18.6 Å². The highest BCUT2D eigenvalue weighted by Gasteiger charge is 2.54. The van der Waals surface area contributed by atoms with Gasteiger partial charge in [-0.25, -0.2) is 0 Å². The zero-order chi connectivity index (χ0) is 26.4. The molecule has 0 aliphatic carbocycles. The maximum absolute atomic E-state index is 6.63. The molecule has 0 spiro atoms. The van der Waals surface area contributed by atoms with Crippen LogP contribution in [0.3, 0.4) is 0 Å². The number of fused-ring (bicyclic) bond motifs is 3. The van der Waals surface area contributed by atoms with E-state index in [1.165, 1.54) is 0 Å². The van der Waals surface area contributed by atoms with Crippen molar-refractivity contribution in [2.24, 2.45) is 0 Å². The first-order valence-electron chi connectivity index (χ1n) is 13.2. The molecule has 6 rings (SSSR count). The lowest BCUT2D eigenvalue weighted by atomic mass is 9.70. The Hall–Kier alpha value is -2.57. The van der Waals surface area contributed by atoms with E-state index in [1.807, 2.05) is 6.07 Å². The van der Waals surface area contributed by atoms with Crippen LogP contribution in [0.5, 0.6) is 0 Å². The summed E-state index contributed by atoms with van der Waals surface area (Å²) in [7, 11) is -1.03. The van der Waals surface area contributed by atoms with Crippen LogP contribution in [0.1, 0.15) is 55.4 Å². The van der Waals surface area contributed by atoms with Crippen molar-refractivity contribution in [3.05, 3.63) is 66.7 Å². The Morgan fingerprint density at radius 2 is 1.08 bits per heavy atom. The van der Waals surface area contributed by atoms with Gasteiger partial charge in [-0.15, -0.1) is 0 Å². The number of aromatic nitrogens is 1. The molecule has 4 aromatic rings. The van der Waals surface area contributed by atoms with Crippen LogP contribution in [0, 0.1) is 0 Å². The Kier molecular flexibility index (Phi) is 5.33. The van der Waals surface area contributed by atoms with Gasteiger partial charge >= 0.3 is 14.2 Å². The summed E-state index contributed by atoms with van der Waals surface area (Å²) >= 11 is 0. The van der Waals surface area contributed by atoms with Gasteiger partial charge in [-0.3, -0.25) is 0 Å². The summed E-state index contributed by atoms with van der Waals surface area (Å²) in [6, 6.07) is 23.4. The molecule has 5 nitrogen and oxygen atoms in total. The van der Waals surface area contributed by atoms with Crippen LogP contribution >= 0.6 is 0 Å². The van der Waals surface area contributed by atoms with E-state index in [0.717, 1.165) is 38.4 Å². The Labute approximate surface area is 220 Å². The first kappa shape index (κ1) is 24.7. The molecule has 0 atom stereocenters.